The van der Waals surface area contributed by atoms with Gasteiger partial charge in [-0.25, -0.2) is 18.9 Å². The number of nitrogens with one attached hydrogen (secondary N) is 1. The average Bonchev–Trinajstić information content (AvgIpc) is 3.24. The molecule has 4 rings (SSSR count). The van der Waals surface area contributed by atoms with Crippen molar-refractivity contribution in [2.75, 3.05) is 23.3 Å². The van der Waals surface area contributed by atoms with E-state index in [2.05, 4.69) is 20.3 Å². The molecule has 0 unspecified atom stereocenters. The Morgan fingerprint density at radius 3 is 2.85 bits per heavy atom. The molecule has 1 aromatic carbocycles. The quantitative estimate of drug-likeness (QED) is 0.754. The number of carbonyl (C=O) groups is 1. The molecule has 2 aromatic heterocycles. The molecule has 0 aliphatic carbocycles. The van der Waals surface area contributed by atoms with Crippen molar-refractivity contribution in [2.24, 2.45) is 0 Å². The fourth-order valence-corrected chi connectivity index (χ4v) is 3.28. The number of aromatic nitrogens is 4. The van der Waals surface area contributed by atoms with Crippen molar-refractivity contribution in [1.82, 2.24) is 19.2 Å². The monoisotopic (exact) mass is 372 g/mol. The van der Waals surface area contributed by atoms with E-state index in [1.165, 1.54) is 4.40 Å². The molecule has 1 N–H and O–H groups in total. The maximum Gasteiger partial charge on any atom is 0.350 e. The number of rotatable bonds is 4. The van der Waals surface area contributed by atoms with E-state index in [4.69, 9.17) is 11.6 Å². The third kappa shape index (κ3) is 3.15. The first-order chi connectivity index (χ1) is 12.6. The SMILES string of the molecule is O=C(Cn1nc2c(N3CCCC3)nccn2c1=O)Nc1cccc(Cl)c1. The molecule has 0 radical (unpaired) electrons. The fraction of sp³-hybridized carbons (Fsp3) is 0.294. The molecular formula is C17H17ClN6O2. The van der Waals surface area contributed by atoms with E-state index < -0.39 is 0 Å². The first-order valence-electron chi connectivity index (χ1n) is 8.36. The summed E-state index contributed by atoms with van der Waals surface area (Å²) in [7, 11) is 0. The van der Waals surface area contributed by atoms with Crippen LogP contribution in [0.15, 0.2) is 41.5 Å². The number of hydrogen-bond donors (Lipinski definition) is 1. The fourth-order valence-electron chi connectivity index (χ4n) is 3.09. The lowest BCUT2D eigenvalue weighted by molar-refractivity contribution is -0.117. The first kappa shape index (κ1) is 16.6. The van der Waals surface area contributed by atoms with E-state index in [0.717, 1.165) is 30.6 Å². The molecule has 0 atom stereocenters. The van der Waals surface area contributed by atoms with Crippen LogP contribution in [0.1, 0.15) is 12.8 Å². The van der Waals surface area contributed by atoms with Crippen molar-refractivity contribution in [3.8, 4) is 0 Å². The Morgan fingerprint density at radius 1 is 1.27 bits per heavy atom. The Balaban J connectivity index is 1.60. The van der Waals surface area contributed by atoms with Gasteiger partial charge in [0.2, 0.25) is 11.6 Å². The highest BCUT2D eigenvalue weighted by atomic mass is 35.5. The largest absolute Gasteiger partial charge is 0.353 e. The van der Waals surface area contributed by atoms with Crippen LogP contribution in [0.4, 0.5) is 11.5 Å². The minimum absolute atomic E-state index is 0.188. The molecule has 3 aromatic rings. The molecule has 0 spiro atoms. The van der Waals surface area contributed by atoms with E-state index in [-0.39, 0.29) is 18.1 Å². The van der Waals surface area contributed by atoms with Gasteiger partial charge < -0.3 is 10.2 Å². The molecule has 1 saturated heterocycles. The first-order valence-corrected chi connectivity index (χ1v) is 8.74. The summed E-state index contributed by atoms with van der Waals surface area (Å²) in [5.74, 6) is 0.324. The highest BCUT2D eigenvalue weighted by Crippen LogP contribution is 2.20. The Bertz CT molecular complexity index is 1020. The topological polar surface area (TPSA) is 84.5 Å². The Kier molecular flexibility index (Phi) is 4.34. The summed E-state index contributed by atoms with van der Waals surface area (Å²) in [4.78, 5) is 31.3. The molecule has 1 fully saturated rings. The summed E-state index contributed by atoms with van der Waals surface area (Å²) < 4.78 is 2.57. The smallest absolute Gasteiger partial charge is 0.350 e. The number of amides is 1. The predicted molar refractivity (Wildman–Crippen MR) is 98.8 cm³/mol. The summed E-state index contributed by atoms with van der Waals surface area (Å²) in [6.45, 7) is 1.60. The van der Waals surface area contributed by atoms with Crippen LogP contribution in [-0.2, 0) is 11.3 Å². The minimum Gasteiger partial charge on any atom is -0.353 e. The number of benzene rings is 1. The number of nitrogens with zero attached hydrogens (tertiary/aromatic N) is 5. The van der Waals surface area contributed by atoms with Crippen molar-refractivity contribution < 1.29 is 4.79 Å². The van der Waals surface area contributed by atoms with E-state index in [9.17, 15) is 9.59 Å². The van der Waals surface area contributed by atoms with Crippen LogP contribution in [0.5, 0.6) is 0 Å². The van der Waals surface area contributed by atoms with Crippen molar-refractivity contribution in [1.29, 1.82) is 0 Å². The van der Waals surface area contributed by atoms with Gasteiger partial charge in [0.05, 0.1) is 0 Å². The normalized spacial score (nSPS) is 14.1. The summed E-state index contributed by atoms with van der Waals surface area (Å²) in [6.07, 6.45) is 5.33. The van der Waals surface area contributed by atoms with Crippen LogP contribution >= 0.6 is 11.6 Å². The molecule has 8 nitrogen and oxygen atoms in total. The van der Waals surface area contributed by atoms with Gasteiger partial charge in [0, 0.05) is 36.2 Å². The van der Waals surface area contributed by atoms with Crippen LogP contribution in [0.3, 0.4) is 0 Å². The molecule has 0 bridgehead atoms. The van der Waals surface area contributed by atoms with Gasteiger partial charge >= 0.3 is 5.69 Å². The summed E-state index contributed by atoms with van der Waals surface area (Å²) in [5.41, 5.74) is 0.665. The van der Waals surface area contributed by atoms with Gasteiger partial charge in [-0.1, -0.05) is 17.7 Å². The molecular weight excluding hydrogens is 356 g/mol. The van der Waals surface area contributed by atoms with Crippen LogP contribution in [0.2, 0.25) is 5.02 Å². The average molecular weight is 373 g/mol. The zero-order valence-corrected chi connectivity index (χ0v) is 14.7. The Labute approximate surface area is 154 Å². The number of carbonyl (C=O) groups excluding carboxylic acids is 1. The lowest BCUT2D eigenvalue weighted by Gasteiger charge is -2.15. The van der Waals surface area contributed by atoms with Crippen LogP contribution < -0.4 is 15.9 Å². The van der Waals surface area contributed by atoms with Gasteiger partial charge in [0.25, 0.3) is 0 Å². The number of anilines is 2. The van der Waals surface area contributed by atoms with Crippen LogP contribution in [0.25, 0.3) is 5.65 Å². The van der Waals surface area contributed by atoms with E-state index in [1.54, 1.807) is 36.7 Å². The van der Waals surface area contributed by atoms with Gasteiger partial charge in [-0.05, 0) is 31.0 Å². The third-order valence-electron chi connectivity index (χ3n) is 4.29. The molecule has 1 amide bonds. The van der Waals surface area contributed by atoms with Gasteiger partial charge in [0.1, 0.15) is 6.54 Å². The second-order valence-electron chi connectivity index (χ2n) is 6.14. The molecule has 0 saturated carbocycles. The second-order valence-corrected chi connectivity index (χ2v) is 6.57. The van der Waals surface area contributed by atoms with Crippen molar-refractivity contribution in [3.63, 3.8) is 0 Å². The predicted octanol–water partition coefficient (Wildman–Crippen LogP) is 1.78. The zero-order chi connectivity index (χ0) is 18.1. The minimum atomic E-state index is -0.371. The Hall–Kier alpha value is -2.87. The van der Waals surface area contributed by atoms with Crippen molar-refractivity contribution >= 4 is 34.7 Å². The molecule has 134 valence electrons. The number of hydrogen-bond acceptors (Lipinski definition) is 5. The van der Waals surface area contributed by atoms with E-state index in [1.807, 2.05) is 0 Å². The number of halogens is 1. The zero-order valence-electron chi connectivity index (χ0n) is 13.9. The lowest BCUT2D eigenvalue weighted by Crippen LogP contribution is -2.28. The van der Waals surface area contributed by atoms with Crippen LogP contribution in [0, 0.1) is 0 Å². The van der Waals surface area contributed by atoms with Crippen molar-refractivity contribution in [2.45, 2.75) is 19.4 Å². The van der Waals surface area contributed by atoms with Gasteiger partial charge in [0.15, 0.2) is 5.82 Å². The van der Waals surface area contributed by atoms with Crippen LogP contribution in [-0.4, -0.2) is 38.2 Å². The number of fused-ring (bicyclic) bond motifs is 1. The van der Waals surface area contributed by atoms with Crippen molar-refractivity contribution in [3.05, 3.63) is 52.2 Å². The van der Waals surface area contributed by atoms with E-state index >= 15 is 0 Å². The van der Waals surface area contributed by atoms with Gasteiger partial charge in [-0.2, -0.15) is 0 Å². The Morgan fingerprint density at radius 2 is 2.08 bits per heavy atom. The molecule has 9 heteroatoms. The highest BCUT2D eigenvalue weighted by molar-refractivity contribution is 6.30. The summed E-state index contributed by atoms with van der Waals surface area (Å²) in [6, 6.07) is 6.83. The maximum atomic E-state index is 12.6. The van der Waals surface area contributed by atoms with Gasteiger partial charge in [-0.3, -0.25) is 4.79 Å². The second kappa shape index (κ2) is 6.80. The summed E-state index contributed by atoms with van der Waals surface area (Å²) in [5, 5.41) is 7.57. The summed E-state index contributed by atoms with van der Waals surface area (Å²) >= 11 is 5.91. The lowest BCUT2D eigenvalue weighted by atomic mass is 10.3. The highest BCUT2D eigenvalue weighted by Gasteiger charge is 2.20. The van der Waals surface area contributed by atoms with Gasteiger partial charge in [-0.15, -0.1) is 5.10 Å². The molecule has 1 aliphatic heterocycles. The standard InChI is InChI=1S/C17H17ClN6O2/c18-12-4-3-5-13(10-12)20-14(25)11-24-17(26)23-9-6-19-15(16(23)21-24)22-7-1-2-8-22/h3-6,9-10H,1-2,7-8,11H2,(H,20,25). The maximum absolute atomic E-state index is 12.6. The molecule has 1 aliphatic rings. The van der Waals surface area contributed by atoms with E-state index in [0.29, 0.717) is 22.2 Å². The molecule has 26 heavy (non-hydrogen) atoms. The third-order valence-corrected chi connectivity index (χ3v) is 4.53. The molecule has 3 heterocycles.